The molecule has 2 rings (SSSR count). The zero-order valence-electron chi connectivity index (χ0n) is 10.0. The van der Waals surface area contributed by atoms with E-state index < -0.39 is 0 Å². The molecule has 1 unspecified atom stereocenters. The second-order valence-electron chi connectivity index (χ2n) is 4.47. The summed E-state index contributed by atoms with van der Waals surface area (Å²) in [5, 5.41) is 2.97. The van der Waals surface area contributed by atoms with E-state index in [0.29, 0.717) is 12.3 Å². The summed E-state index contributed by atoms with van der Waals surface area (Å²) >= 11 is 0. The molecular weight excluding hydrogens is 214 g/mol. The van der Waals surface area contributed by atoms with Crippen LogP contribution < -0.4 is 5.32 Å². The molecule has 1 heterocycles. The lowest BCUT2D eigenvalue weighted by atomic mass is 10.1. The third kappa shape index (κ3) is 4.06. The number of aromatic nitrogens is 2. The van der Waals surface area contributed by atoms with Gasteiger partial charge in [-0.05, 0) is 25.2 Å². The highest BCUT2D eigenvalue weighted by Gasteiger charge is 2.13. The van der Waals surface area contributed by atoms with Crippen LogP contribution in [0, 0.1) is 5.92 Å². The van der Waals surface area contributed by atoms with Crippen LogP contribution in [0.4, 0.5) is 0 Å². The highest BCUT2D eigenvalue weighted by molar-refractivity contribution is 5.76. The summed E-state index contributed by atoms with van der Waals surface area (Å²) in [4.78, 5) is 15.6. The molecule has 0 aromatic carbocycles. The summed E-state index contributed by atoms with van der Waals surface area (Å²) in [6, 6.07) is 0. The Morgan fingerprint density at radius 1 is 1.53 bits per heavy atom. The first-order chi connectivity index (χ1) is 8.34. The predicted molar refractivity (Wildman–Crippen MR) is 66.3 cm³/mol. The standard InChI is InChI=1S/C13H19N3O/c17-13(10-12-4-1-2-5-12)15-6-3-8-16-9-7-14-11-16/h1,4,7,9,11-12H,2-3,5-6,8,10H2,(H,15,17). The molecule has 1 N–H and O–H groups in total. The SMILES string of the molecule is O=C(CC1C=CCC1)NCCCn1ccnc1. The molecule has 0 bridgehead atoms. The molecule has 1 aliphatic rings. The predicted octanol–water partition coefficient (Wildman–Crippen LogP) is 1.75. The fourth-order valence-electron chi connectivity index (χ4n) is 2.08. The van der Waals surface area contributed by atoms with Crippen LogP contribution in [-0.4, -0.2) is 22.0 Å². The fourth-order valence-corrected chi connectivity index (χ4v) is 2.08. The molecule has 1 aliphatic carbocycles. The molecule has 1 atom stereocenters. The Hall–Kier alpha value is -1.58. The molecule has 0 fully saturated rings. The summed E-state index contributed by atoms with van der Waals surface area (Å²) < 4.78 is 2.02. The quantitative estimate of drug-likeness (QED) is 0.601. The average Bonchev–Trinajstić information content (AvgIpc) is 2.96. The molecule has 0 radical (unpaired) electrons. The number of carbonyl (C=O) groups excluding carboxylic acids is 1. The maximum Gasteiger partial charge on any atom is 0.220 e. The van der Waals surface area contributed by atoms with Crippen LogP contribution in [0.1, 0.15) is 25.7 Å². The van der Waals surface area contributed by atoms with Crippen molar-refractivity contribution < 1.29 is 4.79 Å². The molecule has 0 saturated carbocycles. The second-order valence-corrected chi connectivity index (χ2v) is 4.47. The van der Waals surface area contributed by atoms with Crippen molar-refractivity contribution >= 4 is 5.91 Å². The Kier molecular flexibility index (Phi) is 4.36. The molecular formula is C13H19N3O. The third-order valence-corrected chi connectivity index (χ3v) is 3.03. The molecule has 1 amide bonds. The van der Waals surface area contributed by atoms with Crippen molar-refractivity contribution in [2.75, 3.05) is 6.54 Å². The minimum absolute atomic E-state index is 0.173. The minimum atomic E-state index is 0.173. The maximum atomic E-state index is 11.6. The molecule has 4 nitrogen and oxygen atoms in total. The van der Waals surface area contributed by atoms with Crippen molar-refractivity contribution in [3.8, 4) is 0 Å². The van der Waals surface area contributed by atoms with E-state index in [4.69, 9.17) is 0 Å². The normalized spacial score (nSPS) is 18.5. The van der Waals surface area contributed by atoms with Crippen LogP contribution in [-0.2, 0) is 11.3 Å². The summed E-state index contributed by atoms with van der Waals surface area (Å²) in [5.74, 6) is 0.635. The van der Waals surface area contributed by atoms with E-state index in [2.05, 4.69) is 22.5 Å². The smallest absolute Gasteiger partial charge is 0.220 e. The van der Waals surface area contributed by atoms with Crippen molar-refractivity contribution in [2.45, 2.75) is 32.2 Å². The second kappa shape index (κ2) is 6.23. The van der Waals surface area contributed by atoms with Crippen molar-refractivity contribution in [1.82, 2.24) is 14.9 Å². The van der Waals surface area contributed by atoms with E-state index >= 15 is 0 Å². The van der Waals surface area contributed by atoms with E-state index in [1.54, 1.807) is 12.5 Å². The number of nitrogens with one attached hydrogen (secondary N) is 1. The molecule has 0 aliphatic heterocycles. The topological polar surface area (TPSA) is 46.9 Å². The van der Waals surface area contributed by atoms with E-state index in [9.17, 15) is 4.79 Å². The number of carbonyl (C=O) groups is 1. The van der Waals surface area contributed by atoms with Gasteiger partial charge in [0.1, 0.15) is 0 Å². The lowest BCUT2D eigenvalue weighted by Crippen LogP contribution is -2.26. The lowest BCUT2D eigenvalue weighted by molar-refractivity contribution is -0.121. The minimum Gasteiger partial charge on any atom is -0.356 e. The first-order valence-corrected chi connectivity index (χ1v) is 6.23. The zero-order valence-corrected chi connectivity index (χ0v) is 10.0. The van der Waals surface area contributed by atoms with Crippen molar-refractivity contribution in [2.24, 2.45) is 5.92 Å². The van der Waals surface area contributed by atoms with Gasteiger partial charge in [0, 0.05) is 31.9 Å². The monoisotopic (exact) mass is 233 g/mol. The summed E-state index contributed by atoms with van der Waals surface area (Å²) in [6.07, 6.45) is 13.7. The van der Waals surface area contributed by atoms with Gasteiger partial charge in [0.15, 0.2) is 0 Å². The van der Waals surface area contributed by atoms with E-state index in [1.807, 2.05) is 10.8 Å². The van der Waals surface area contributed by atoms with Gasteiger partial charge in [-0.2, -0.15) is 0 Å². The van der Waals surface area contributed by atoms with Crippen LogP contribution in [0.2, 0.25) is 0 Å². The van der Waals surface area contributed by atoms with Gasteiger partial charge in [0.05, 0.1) is 6.33 Å². The van der Waals surface area contributed by atoms with Gasteiger partial charge >= 0.3 is 0 Å². The van der Waals surface area contributed by atoms with Gasteiger partial charge in [-0.15, -0.1) is 0 Å². The van der Waals surface area contributed by atoms with Crippen molar-refractivity contribution in [1.29, 1.82) is 0 Å². The number of allylic oxidation sites excluding steroid dienone is 2. The van der Waals surface area contributed by atoms with Crippen molar-refractivity contribution in [3.05, 3.63) is 30.9 Å². The van der Waals surface area contributed by atoms with Crippen LogP contribution in [0.5, 0.6) is 0 Å². The molecule has 4 heteroatoms. The average molecular weight is 233 g/mol. The van der Waals surface area contributed by atoms with Gasteiger partial charge in [-0.25, -0.2) is 4.98 Å². The molecule has 0 saturated heterocycles. The lowest BCUT2D eigenvalue weighted by Gasteiger charge is -2.08. The van der Waals surface area contributed by atoms with E-state index in [-0.39, 0.29) is 5.91 Å². The van der Waals surface area contributed by atoms with Gasteiger partial charge in [0.25, 0.3) is 0 Å². The maximum absolute atomic E-state index is 11.6. The number of nitrogens with zero attached hydrogens (tertiary/aromatic N) is 2. The fraction of sp³-hybridized carbons (Fsp3) is 0.538. The Morgan fingerprint density at radius 2 is 2.47 bits per heavy atom. The van der Waals surface area contributed by atoms with E-state index in [1.165, 1.54) is 0 Å². The van der Waals surface area contributed by atoms with Crippen LogP contribution >= 0.6 is 0 Å². The third-order valence-electron chi connectivity index (χ3n) is 3.03. The van der Waals surface area contributed by atoms with E-state index in [0.717, 1.165) is 32.4 Å². The number of rotatable bonds is 6. The first-order valence-electron chi connectivity index (χ1n) is 6.23. The summed E-state index contributed by atoms with van der Waals surface area (Å²) in [5.41, 5.74) is 0. The molecule has 1 aromatic heterocycles. The number of imidazole rings is 1. The number of hydrogen-bond donors (Lipinski definition) is 1. The zero-order chi connectivity index (χ0) is 11.9. The number of amides is 1. The van der Waals surface area contributed by atoms with Gasteiger partial charge in [-0.3, -0.25) is 4.79 Å². The van der Waals surface area contributed by atoms with Gasteiger partial charge in [0.2, 0.25) is 5.91 Å². The summed E-state index contributed by atoms with van der Waals surface area (Å²) in [7, 11) is 0. The van der Waals surface area contributed by atoms with Gasteiger partial charge in [-0.1, -0.05) is 12.2 Å². The highest BCUT2D eigenvalue weighted by Crippen LogP contribution is 2.19. The van der Waals surface area contributed by atoms with Crippen LogP contribution in [0.25, 0.3) is 0 Å². The molecule has 17 heavy (non-hydrogen) atoms. The van der Waals surface area contributed by atoms with Crippen LogP contribution in [0.3, 0.4) is 0 Å². The first kappa shape index (κ1) is 11.9. The summed E-state index contributed by atoms with van der Waals surface area (Å²) in [6.45, 7) is 1.65. The Balaban J connectivity index is 1.55. The van der Waals surface area contributed by atoms with Gasteiger partial charge < -0.3 is 9.88 Å². The Labute approximate surface area is 102 Å². The van der Waals surface area contributed by atoms with Crippen molar-refractivity contribution in [3.63, 3.8) is 0 Å². The Bertz CT molecular complexity index is 370. The molecule has 92 valence electrons. The largest absolute Gasteiger partial charge is 0.356 e. The number of hydrogen-bond acceptors (Lipinski definition) is 2. The van der Waals surface area contributed by atoms with Crippen LogP contribution in [0.15, 0.2) is 30.9 Å². The molecule has 1 aromatic rings. The Morgan fingerprint density at radius 3 is 3.18 bits per heavy atom. The highest BCUT2D eigenvalue weighted by atomic mass is 16.1. The molecule has 0 spiro atoms. The number of aryl methyl sites for hydroxylation is 1.